The Morgan fingerprint density at radius 3 is 2.44 bits per heavy atom. The third-order valence-corrected chi connectivity index (χ3v) is 4.04. The molecule has 2 N–H and O–H groups in total. The average molecular weight is 241 g/mol. The summed E-state index contributed by atoms with van der Waals surface area (Å²) in [7, 11) is 0. The molecule has 1 aliphatic heterocycles. The fourth-order valence-corrected chi connectivity index (χ4v) is 3.11. The second kappa shape index (κ2) is 4.92. The Morgan fingerprint density at radius 1 is 1.00 bits per heavy atom. The summed E-state index contributed by atoms with van der Waals surface area (Å²) in [4.78, 5) is 0. The summed E-state index contributed by atoms with van der Waals surface area (Å²) in [5, 5.41) is 8.54. The SMILES string of the molecule is NC1=NN=C(C2CCCC2)C(c2ccccc2)C1. The quantitative estimate of drug-likeness (QED) is 0.850. The highest BCUT2D eigenvalue weighted by Crippen LogP contribution is 2.35. The van der Waals surface area contributed by atoms with Gasteiger partial charge in [0.2, 0.25) is 0 Å². The highest BCUT2D eigenvalue weighted by atomic mass is 15.2. The van der Waals surface area contributed by atoms with Crippen molar-refractivity contribution in [3.8, 4) is 0 Å². The molecular formula is C15H19N3. The molecule has 1 aliphatic carbocycles. The zero-order valence-corrected chi connectivity index (χ0v) is 10.5. The van der Waals surface area contributed by atoms with Gasteiger partial charge in [0.25, 0.3) is 0 Å². The lowest BCUT2D eigenvalue weighted by molar-refractivity contribution is 0.678. The predicted octanol–water partition coefficient (Wildman–Crippen LogP) is 3.08. The molecule has 0 bridgehead atoms. The summed E-state index contributed by atoms with van der Waals surface area (Å²) in [6.45, 7) is 0. The first-order valence-corrected chi connectivity index (χ1v) is 6.79. The third kappa shape index (κ3) is 2.17. The number of amidine groups is 1. The van der Waals surface area contributed by atoms with Crippen molar-refractivity contribution >= 4 is 11.5 Å². The fraction of sp³-hybridized carbons (Fsp3) is 0.467. The topological polar surface area (TPSA) is 50.7 Å². The van der Waals surface area contributed by atoms with Gasteiger partial charge < -0.3 is 5.73 Å². The molecule has 3 heteroatoms. The highest BCUT2D eigenvalue weighted by molar-refractivity contribution is 5.99. The van der Waals surface area contributed by atoms with Gasteiger partial charge in [0.05, 0.1) is 5.71 Å². The van der Waals surface area contributed by atoms with Crippen molar-refractivity contribution < 1.29 is 0 Å². The van der Waals surface area contributed by atoms with E-state index in [0.29, 0.717) is 17.7 Å². The second-order valence-electron chi connectivity index (χ2n) is 5.26. The van der Waals surface area contributed by atoms with Gasteiger partial charge in [0, 0.05) is 12.3 Å². The van der Waals surface area contributed by atoms with Gasteiger partial charge in [-0.3, -0.25) is 0 Å². The minimum absolute atomic E-state index is 0.340. The van der Waals surface area contributed by atoms with E-state index in [-0.39, 0.29) is 0 Å². The van der Waals surface area contributed by atoms with Crippen LogP contribution in [-0.2, 0) is 0 Å². The number of rotatable bonds is 2. The molecule has 1 atom stereocenters. The molecule has 2 aliphatic rings. The standard InChI is InChI=1S/C15H19N3/c16-14-10-13(11-6-2-1-3-7-11)15(18-17-14)12-8-4-5-9-12/h1-3,6-7,12-13H,4-5,8-10H2,(H2,16,17). The summed E-state index contributed by atoms with van der Waals surface area (Å²) >= 11 is 0. The summed E-state index contributed by atoms with van der Waals surface area (Å²) < 4.78 is 0. The minimum Gasteiger partial charge on any atom is -0.386 e. The first kappa shape index (κ1) is 11.5. The normalized spacial score (nSPS) is 24.8. The van der Waals surface area contributed by atoms with Crippen LogP contribution < -0.4 is 5.73 Å². The van der Waals surface area contributed by atoms with Crippen LogP contribution in [-0.4, -0.2) is 11.5 Å². The van der Waals surface area contributed by atoms with Crippen LogP contribution in [0.1, 0.15) is 43.6 Å². The van der Waals surface area contributed by atoms with Crippen LogP contribution >= 0.6 is 0 Å². The number of nitrogens with zero attached hydrogens (tertiary/aromatic N) is 2. The van der Waals surface area contributed by atoms with E-state index in [1.165, 1.54) is 37.0 Å². The van der Waals surface area contributed by atoms with E-state index in [1.807, 2.05) is 0 Å². The predicted molar refractivity (Wildman–Crippen MR) is 74.8 cm³/mol. The average Bonchev–Trinajstić information content (AvgIpc) is 2.93. The lowest BCUT2D eigenvalue weighted by Crippen LogP contribution is -2.29. The Morgan fingerprint density at radius 2 is 1.72 bits per heavy atom. The minimum atomic E-state index is 0.340. The Labute approximate surface area is 108 Å². The first-order chi connectivity index (χ1) is 8.84. The molecule has 18 heavy (non-hydrogen) atoms. The third-order valence-electron chi connectivity index (χ3n) is 4.04. The summed E-state index contributed by atoms with van der Waals surface area (Å²) in [5.41, 5.74) is 8.44. The van der Waals surface area contributed by atoms with Gasteiger partial charge in [-0.25, -0.2) is 0 Å². The smallest absolute Gasteiger partial charge is 0.123 e. The molecule has 1 unspecified atom stereocenters. The number of benzene rings is 1. The van der Waals surface area contributed by atoms with E-state index in [4.69, 9.17) is 5.73 Å². The van der Waals surface area contributed by atoms with Gasteiger partial charge >= 0.3 is 0 Å². The van der Waals surface area contributed by atoms with E-state index >= 15 is 0 Å². The van der Waals surface area contributed by atoms with E-state index in [0.717, 1.165) is 6.42 Å². The number of hydrogen-bond donors (Lipinski definition) is 1. The van der Waals surface area contributed by atoms with E-state index in [9.17, 15) is 0 Å². The van der Waals surface area contributed by atoms with Crippen LogP contribution in [0, 0.1) is 5.92 Å². The van der Waals surface area contributed by atoms with Gasteiger partial charge in [-0.1, -0.05) is 43.2 Å². The Bertz CT molecular complexity index is 470. The lowest BCUT2D eigenvalue weighted by atomic mass is 9.83. The molecule has 0 amide bonds. The van der Waals surface area contributed by atoms with Crippen molar-refractivity contribution in [1.29, 1.82) is 0 Å². The fourth-order valence-electron chi connectivity index (χ4n) is 3.11. The number of hydrogen-bond acceptors (Lipinski definition) is 3. The van der Waals surface area contributed by atoms with E-state index in [1.54, 1.807) is 0 Å². The van der Waals surface area contributed by atoms with Gasteiger partial charge in [-0.05, 0) is 24.3 Å². The van der Waals surface area contributed by atoms with Crippen molar-refractivity contribution in [2.75, 3.05) is 0 Å². The first-order valence-electron chi connectivity index (χ1n) is 6.79. The van der Waals surface area contributed by atoms with Gasteiger partial charge in [0.1, 0.15) is 5.84 Å². The van der Waals surface area contributed by atoms with Crippen molar-refractivity contribution in [2.24, 2.45) is 21.9 Å². The van der Waals surface area contributed by atoms with Crippen LogP contribution in [0.3, 0.4) is 0 Å². The second-order valence-corrected chi connectivity index (χ2v) is 5.26. The Balaban J connectivity index is 1.92. The Hall–Kier alpha value is -1.64. The molecule has 3 nitrogen and oxygen atoms in total. The molecule has 0 saturated heterocycles. The zero-order chi connectivity index (χ0) is 12.4. The maximum absolute atomic E-state index is 5.87. The monoisotopic (exact) mass is 241 g/mol. The molecule has 0 radical (unpaired) electrons. The van der Waals surface area contributed by atoms with Crippen molar-refractivity contribution in [1.82, 2.24) is 0 Å². The van der Waals surface area contributed by atoms with Crippen LogP contribution in [0.2, 0.25) is 0 Å². The molecule has 94 valence electrons. The van der Waals surface area contributed by atoms with Gasteiger partial charge in [-0.2, -0.15) is 5.10 Å². The molecule has 0 aromatic heterocycles. The van der Waals surface area contributed by atoms with Crippen LogP contribution in [0.5, 0.6) is 0 Å². The molecule has 1 aromatic carbocycles. The zero-order valence-electron chi connectivity index (χ0n) is 10.5. The molecule has 3 rings (SSSR count). The number of nitrogens with two attached hydrogens (primary N) is 1. The maximum atomic E-state index is 5.87. The van der Waals surface area contributed by atoms with Crippen LogP contribution in [0.15, 0.2) is 40.5 Å². The summed E-state index contributed by atoms with van der Waals surface area (Å²) in [5.74, 6) is 1.62. The molecule has 0 spiro atoms. The van der Waals surface area contributed by atoms with Crippen LogP contribution in [0.25, 0.3) is 0 Å². The highest BCUT2D eigenvalue weighted by Gasteiger charge is 2.30. The summed E-state index contributed by atoms with van der Waals surface area (Å²) in [6.07, 6.45) is 5.99. The molecule has 1 aromatic rings. The Kier molecular flexibility index (Phi) is 3.13. The van der Waals surface area contributed by atoms with Crippen molar-refractivity contribution in [3.05, 3.63) is 35.9 Å². The molecule has 1 heterocycles. The van der Waals surface area contributed by atoms with Crippen molar-refractivity contribution in [2.45, 2.75) is 38.0 Å². The lowest BCUT2D eigenvalue weighted by Gasteiger charge is -2.25. The van der Waals surface area contributed by atoms with Gasteiger partial charge in [-0.15, -0.1) is 5.10 Å². The van der Waals surface area contributed by atoms with E-state index < -0.39 is 0 Å². The molecule has 1 fully saturated rings. The maximum Gasteiger partial charge on any atom is 0.123 e. The van der Waals surface area contributed by atoms with Crippen LogP contribution in [0.4, 0.5) is 0 Å². The van der Waals surface area contributed by atoms with E-state index in [2.05, 4.69) is 40.5 Å². The van der Waals surface area contributed by atoms with Gasteiger partial charge in [0.15, 0.2) is 0 Å². The molecular weight excluding hydrogens is 222 g/mol. The summed E-state index contributed by atoms with van der Waals surface area (Å²) in [6, 6.07) is 10.6. The largest absolute Gasteiger partial charge is 0.386 e. The molecule has 1 saturated carbocycles. The van der Waals surface area contributed by atoms with Crippen molar-refractivity contribution in [3.63, 3.8) is 0 Å².